The van der Waals surface area contributed by atoms with Crippen molar-refractivity contribution in [1.82, 2.24) is 4.90 Å². The zero-order valence-corrected chi connectivity index (χ0v) is 7.47. The van der Waals surface area contributed by atoms with Crippen molar-refractivity contribution in [3.8, 4) is 0 Å². The molecule has 2 saturated heterocycles. The fourth-order valence-corrected chi connectivity index (χ4v) is 2.73. The van der Waals surface area contributed by atoms with Gasteiger partial charge >= 0.3 is 5.97 Å². The van der Waals surface area contributed by atoms with Crippen molar-refractivity contribution in [3.63, 3.8) is 0 Å². The van der Waals surface area contributed by atoms with Crippen molar-refractivity contribution in [3.05, 3.63) is 0 Å². The van der Waals surface area contributed by atoms with Gasteiger partial charge in [-0.15, -0.1) is 11.8 Å². The van der Waals surface area contributed by atoms with Crippen molar-refractivity contribution in [2.45, 2.75) is 24.9 Å². The zero-order chi connectivity index (χ0) is 8.72. The van der Waals surface area contributed by atoms with Crippen molar-refractivity contribution >= 4 is 23.6 Å². The van der Waals surface area contributed by atoms with E-state index >= 15 is 0 Å². The van der Waals surface area contributed by atoms with E-state index in [1.807, 2.05) is 0 Å². The molecule has 2 aliphatic rings. The van der Waals surface area contributed by atoms with Gasteiger partial charge < -0.3 is 4.74 Å². The number of thioether (sulfide) groups is 1. The Bertz CT molecular complexity index is 243. The molecule has 4 nitrogen and oxygen atoms in total. The van der Waals surface area contributed by atoms with Crippen LogP contribution in [0.3, 0.4) is 0 Å². The highest BCUT2D eigenvalue weighted by atomic mass is 32.2. The van der Waals surface area contributed by atoms with Crippen LogP contribution in [0.1, 0.15) is 13.3 Å². The lowest BCUT2D eigenvalue weighted by molar-refractivity contribution is -0.167. The summed E-state index contributed by atoms with van der Waals surface area (Å²) in [7, 11) is 0. The summed E-state index contributed by atoms with van der Waals surface area (Å²) in [6.07, 6.45) is 0.293. The molecule has 0 spiro atoms. The molecule has 2 aliphatic heterocycles. The predicted molar refractivity (Wildman–Crippen MR) is 43.3 cm³/mol. The molecular formula is C7H9NO3S. The number of hydrogen-bond acceptors (Lipinski definition) is 4. The van der Waals surface area contributed by atoms with Gasteiger partial charge in [-0.05, 0) is 0 Å². The molecule has 2 heterocycles. The minimum atomic E-state index is -0.319. The van der Waals surface area contributed by atoms with E-state index < -0.39 is 0 Å². The van der Waals surface area contributed by atoms with E-state index in [1.54, 1.807) is 16.7 Å². The van der Waals surface area contributed by atoms with Crippen LogP contribution < -0.4 is 0 Å². The average Bonchev–Trinajstić information content (AvgIpc) is 2.24. The number of amides is 1. The largest absolute Gasteiger partial charge is 0.441 e. The van der Waals surface area contributed by atoms with Gasteiger partial charge in [-0.1, -0.05) is 0 Å². The Morgan fingerprint density at radius 2 is 2.50 bits per heavy atom. The van der Waals surface area contributed by atoms with Gasteiger partial charge in [0, 0.05) is 6.92 Å². The van der Waals surface area contributed by atoms with Crippen LogP contribution in [0, 0.1) is 0 Å². The molecular weight excluding hydrogens is 178 g/mol. The smallest absolute Gasteiger partial charge is 0.304 e. The van der Waals surface area contributed by atoms with Crippen LogP contribution >= 0.6 is 11.8 Å². The van der Waals surface area contributed by atoms with Gasteiger partial charge in [0.2, 0.25) is 5.91 Å². The fourth-order valence-electron chi connectivity index (χ4n) is 1.44. The van der Waals surface area contributed by atoms with E-state index in [-0.39, 0.29) is 23.5 Å². The first-order chi connectivity index (χ1) is 5.68. The molecule has 0 radical (unpaired) electrons. The molecule has 0 saturated carbocycles. The minimum absolute atomic E-state index is 0.0938. The molecule has 0 N–H and O–H groups in total. The minimum Gasteiger partial charge on any atom is -0.441 e. The van der Waals surface area contributed by atoms with Crippen LogP contribution in [-0.4, -0.2) is 34.1 Å². The quantitative estimate of drug-likeness (QED) is 0.434. The predicted octanol–water partition coefficient (Wildman–Crippen LogP) is 0.181. The van der Waals surface area contributed by atoms with Crippen molar-refractivity contribution in [1.29, 1.82) is 0 Å². The molecule has 2 atom stereocenters. The van der Waals surface area contributed by atoms with Crippen LogP contribution in [-0.2, 0) is 14.3 Å². The van der Waals surface area contributed by atoms with E-state index in [9.17, 15) is 9.59 Å². The number of hydrogen-bond donors (Lipinski definition) is 0. The summed E-state index contributed by atoms with van der Waals surface area (Å²) >= 11 is 1.67. The average molecular weight is 187 g/mol. The lowest BCUT2D eigenvalue weighted by Gasteiger charge is -2.36. The van der Waals surface area contributed by atoms with E-state index in [0.717, 1.165) is 5.75 Å². The standard InChI is InChI=1S/C7H9NO3S/c1-4(9)11-6-3-12-7-2-5(10)8(6)7/h6-7H,2-3H2,1H3/t6?,7-/m1/s1. The monoisotopic (exact) mass is 187 g/mol. The third kappa shape index (κ3) is 1.08. The summed E-state index contributed by atoms with van der Waals surface area (Å²) in [6, 6.07) is 0. The van der Waals surface area contributed by atoms with Crippen molar-refractivity contribution in [2.75, 3.05) is 5.75 Å². The zero-order valence-electron chi connectivity index (χ0n) is 6.65. The van der Waals surface area contributed by atoms with Gasteiger partial charge in [-0.2, -0.15) is 0 Å². The Hall–Kier alpha value is -0.710. The Kier molecular flexibility index (Phi) is 1.75. The maximum atomic E-state index is 11.0. The Morgan fingerprint density at radius 1 is 1.75 bits per heavy atom. The summed E-state index contributed by atoms with van der Waals surface area (Å²) in [5, 5.41) is 0.266. The van der Waals surface area contributed by atoms with E-state index in [4.69, 9.17) is 4.74 Å². The Labute approximate surface area is 74.2 Å². The molecule has 5 heteroatoms. The normalized spacial score (nSPS) is 32.8. The lowest BCUT2D eigenvalue weighted by Crippen LogP contribution is -2.52. The Morgan fingerprint density at radius 3 is 3.08 bits per heavy atom. The third-order valence-corrected chi connectivity index (χ3v) is 3.25. The molecule has 12 heavy (non-hydrogen) atoms. The number of carbonyl (C=O) groups is 2. The SMILES string of the molecule is CC(=O)OC1CS[C@@H]2CC(=O)N12. The highest BCUT2D eigenvalue weighted by molar-refractivity contribution is 8.00. The number of fused-ring (bicyclic) bond motifs is 1. The molecule has 0 bridgehead atoms. The van der Waals surface area contributed by atoms with Gasteiger partial charge in [0.15, 0.2) is 6.23 Å². The van der Waals surface area contributed by atoms with Crippen LogP contribution in [0.2, 0.25) is 0 Å². The van der Waals surface area contributed by atoms with Crippen LogP contribution in [0.5, 0.6) is 0 Å². The van der Waals surface area contributed by atoms with Gasteiger partial charge in [0.1, 0.15) is 0 Å². The molecule has 1 amide bonds. The Balaban J connectivity index is 1.99. The fraction of sp³-hybridized carbons (Fsp3) is 0.714. The van der Waals surface area contributed by atoms with Crippen LogP contribution in [0.25, 0.3) is 0 Å². The third-order valence-electron chi connectivity index (χ3n) is 1.99. The van der Waals surface area contributed by atoms with Gasteiger partial charge in [0.05, 0.1) is 17.5 Å². The van der Waals surface area contributed by atoms with Crippen LogP contribution in [0.4, 0.5) is 0 Å². The second kappa shape index (κ2) is 2.65. The van der Waals surface area contributed by atoms with Crippen molar-refractivity contribution < 1.29 is 14.3 Å². The number of β-lactam (4-membered cyclic amide) rings is 1. The lowest BCUT2D eigenvalue weighted by atomic mass is 10.2. The molecule has 0 aliphatic carbocycles. The van der Waals surface area contributed by atoms with Gasteiger partial charge in [0.25, 0.3) is 0 Å². The molecule has 0 aromatic rings. The number of esters is 1. The number of rotatable bonds is 1. The van der Waals surface area contributed by atoms with Crippen LogP contribution in [0.15, 0.2) is 0 Å². The first kappa shape index (κ1) is 7.91. The summed E-state index contributed by atoms with van der Waals surface area (Å²) < 4.78 is 4.96. The number of carbonyl (C=O) groups excluding carboxylic acids is 2. The maximum Gasteiger partial charge on any atom is 0.304 e. The maximum absolute atomic E-state index is 11.0. The van der Waals surface area contributed by atoms with E-state index in [1.165, 1.54) is 6.92 Å². The molecule has 66 valence electrons. The van der Waals surface area contributed by atoms with E-state index in [0.29, 0.717) is 6.42 Å². The van der Waals surface area contributed by atoms with Gasteiger partial charge in [-0.25, -0.2) is 0 Å². The molecule has 0 aromatic carbocycles. The summed E-state index contributed by atoms with van der Waals surface area (Å²) in [5.74, 6) is 0.493. The molecule has 2 rings (SSSR count). The molecule has 1 unspecified atom stereocenters. The highest BCUT2D eigenvalue weighted by Gasteiger charge is 2.47. The number of nitrogens with zero attached hydrogens (tertiary/aromatic N) is 1. The number of ether oxygens (including phenoxy) is 1. The molecule has 0 aromatic heterocycles. The summed E-state index contributed by atoms with van der Waals surface area (Å²) in [6.45, 7) is 1.36. The van der Waals surface area contributed by atoms with Crippen molar-refractivity contribution in [2.24, 2.45) is 0 Å². The van der Waals surface area contributed by atoms with Gasteiger partial charge in [-0.3, -0.25) is 14.5 Å². The molecule has 2 fully saturated rings. The first-order valence-corrected chi connectivity index (χ1v) is 4.83. The second-order valence-electron chi connectivity index (χ2n) is 2.86. The second-order valence-corrected chi connectivity index (χ2v) is 4.07. The van der Waals surface area contributed by atoms with E-state index in [2.05, 4.69) is 0 Å². The topological polar surface area (TPSA) is 46.6 Å². The first-order valence-electron chi connectivity index (χ1n) is 3.78. The summed E-state index contributed by atoms with van der Waals surface area (Å²) in [5.41, 5.74) is 0. The highest BCUT2D eigenvalue weighted by Crippen LogP contribution is 2.39. The summed E-state index contributed by atoms with van der Waals surface area (Å²) in [4.78, 5) is 23.3.